The van der Waals surface area contributed by atoms with Gasteiger partial charge in [-0.25, -0.2) is 4.39 Å². The molecule has 1 amide bonds. The average molecular weight is 271 g/mol. The van der Waals surface area contributed by atoms with Crippen LogP contribution in [0.15, 0.2) is 30.3 Å². The first-order valence-electron chi connectivity index (χ1n) is 6.28. The van der Waals surface area contributed by atoms with E-state index in [4.69, 9.17) is 5.73 Å². The molecule has 2 aromatic carbocycles. The molecule has 102 valence electrons. The SMILES string of the molecule is Cc1ccc(Nc2cc3c(cc2N)CC(=O)N3)c(F)c1. The molecule has 0 spiro atoms. The highest BCUT2D eigenvalue weighted by molar-refractivity contribution is 6.01. The molecule has 0 fully saturated rings. The number of rotatable bonds is 2. The van der Waals surface area contributed by atoms with Crippen LogP contribution in [0.4, 0.5) is 27.1 Å². The highest BCUT2D eigenvalue weighted by Gasteiger charge is 2.19. The monoisotopic (exact) mass is 271 g/mol. The van der Waals surface area contributed by atoms with Crippen molar-refractivity contribution in [2.45, 2.75) is 13.3 Å². The van der Waals surface area contributed by atoms with Gasteiger partial charge in [0.25, 0.3) is 0 Å². The molecule has 1 heterocycles. The fourth-order valence-electron chi connectivity index (χ4n) is 2.27. The number of halogens is 1. The van der Waals surface area contributed by atoms with E-state index >= 15 is 0 Å². The van der Waals surface area contributed by atoms with Gasteiger partial charge < -0.3 is 16.4 Å². The maximum atomic E-state index is 13.8. The van der Waals surface area contributed by atoms with Crippen LogP contribution in [0.5, 0.6) is 0 Å². The zero-order valence-corrected chi connectivity index (χ0v) is 11.0. The maximum absolute atomic E-state index is 13.8. The minimum atomic E-state index is -0.339. The summed E-state index contributed by atoms with van der Waals surface area (Å²) < 4.78 is 13.8. The van der Waals surface area contributed by atoms with Crippen LogP contribution >= 0.6 is 0 Å². The Hall–Kier alpha value is -2.56. The number of anilines is 4. The molecule has 4 N–H and O–H groups in total. The topological polar surface area (TPSA) is 67.1 Å². The van der Waals surface area contributed by atoms with Crippen LogP contribution in [-0.4, -0.2) is 5.91 Å². The van der Waals surface area contributed by atoms with Gasteiger partial charge in [0.1, 0.15) is 5.82 Å². The van der Waals surface area contributed by atoms with E-state index in [9.17, 15) is 9.18 Å². The Kier molecular flexibility index (Phi) is 2.82. The second kappa shape index (κ2) is 4.52. The number of fused-ring (bicyclic) bond motifs is 1. The van der Waals surface area contributed by atoms with Crippen LogP contribution in [0.3, 0.4) is 0 Å². The minimum Gasteiger partial charge on any atom is -0.397 e. The summed E-state index contributed by atoms with van der Waals surface area (Å²) in [4.78, 5) is 11.3. The lowest BCUT2D eigenvalue weighted by Gasteiger charge is -2.12. The third-order valence-corrected chi connectivity index (χ3v) is 3.29. The molecule has 0 bridgehead atoms. The van der Waals surface area contributed by atoms with Crippen LogP contribution in [0.2, 0.25) is 0 Å². The van der Waals surface area contributed by atoms with Gasteiger partial charge in [-0.3, -0.25) is 4.79 Å². The number of nitrogens with two attached hydrogens (primary N) is 1. The largest absolute Gasteiger partial charge is 0.397 e. The van der Waals surface area contributed by atoms with Crippen molar-refractivity contribution in [2.24, 2.45) is 0 Å². The Morgan fingerprint density at radius 1 is 1.25 bits per heavy atom. The molecule has 1 aliphatic heterocycles. The standard InChI is InChI=1S/C15H14FN3O/c1-8-2-3-12(10(16)4-8)18-14-7-13-9(5-11(14)17)6-15(20)19-13/h2-5,7,18H,6,17H2,1H3,(H,19,20). The van der Waals surface area contributed by atoms with E-state index in [0.29, 0.717) is 23.5 Å². The van der Waals surface area contributed by atoms with Gasteiger partial charge in [0.15, 0.2) is 0 Å². The predicted octanol–water partition coefficient (Wildman–Crippen LogP) is 2.95. The minimum absolute atomic E-state index is 0.0573. The van der Waals surface area contributed by atoms with Crippen molar-refractivity contribution in [1.29, 1.82) is 0 Å². The van der Waals surface area contributed by atoms with Crippen molar-refractivity contribution < 1.29 is 9.18 Å². The number of nitrogens with one attached hydrogen (secondary N) is 2. The molecular formula is C15H14FN3O. The number of carbonyl (C=O) groups excluding carboxylic acids is 1. The molecular weight excluding hydrogens is 257 g/mol. The van der Waals surface area contributed by atoms with Crippen LogP contribution in [0, 0.1) is 12.7 Å². The summed E-state index contributed by atoms with van der Waals surface area (Å²) in [6, 6.07) is 8.40. The van der Waals surface area contributed by atoms with Gasteiger partial charge in [-0.2, -0.15) is 0 Å². The summed E-state index contributed by atoms with van der Waals surface area (Å²) in [7, 11) is 0. The summed E-state index contributed by atoms with van der Waals surface area (Å²) in [5.74, 6) is -0.396. The first-order valence-corrected chi connectivity index (χ1v) is 6.28. The van der Waals surface area contributed by atoms with Crippen molar-refractivity contribution in [1.82, 2.24) is 0 Å². The second-order valence-electron chi connectivity index (χ2n) is 4.93. The zero-order chi connectivity index (χ0) is 14.3. The molecule has 20 heavy (non-hydrogen) atoms. The molecule has 5 heteroatoms. The fourth-order valence-corrected chi connectivity index (χ4v) is 2.27. The van der Waals surface area contributed by atoms with Crippen molar-refractivity contribution in [3.63, 3.8) is 0 Å². The highest BCUT2D eigenvalue weighted by atomic mass is 19.1. The second-order valence-corrected chi connectivity index (χ2v) is 4.93. The van der Waals surface area contributed by atoms with Crippen molar-refractivity contribution in [3.05, 3.63) is 47.3 Å². The Morgan fingerprint density at radius 2 is 2.05 bits per heavy atom. The molecule has 0 aromatic heterocycles. The molecule has 1 aliphatic rings. The molecule has 4 nitrogen and oxygen atoms in total. The van der Waals surface area contributed by atoms with Gasteiger partial charge in [-0.05, 0) is 42.3 Å². The van der Waals surface area contributed by atoms with Crippen LogP contribution in [-0.2, 0) is 11.2 Å². The Morgan fingerprint density at radius 3 is 2.80 bits per heavy atom. The normalized spacial score (nSPS) is 13.0. The van der Waals surface area contributed by atoms with E-state index in [1.807, 2.05) is 13.0 Å². The van der Waals surface area contributed by atoms with E-state index < -0.39 is 0 Å². The van der Waals surface area contributed by atoms with Gasteiger partial charge in [-0.15, -0.1) is 0 Å². The van der Waals surface area contributed by atoms with Gasteiger partial charge >= 0.3 is 0 Å². The zero-order valence-electron chi connectivity index (χ0n) is 11.0. The number of carbonyl (C=O) groups is 1. The van der Waals surface area contributed by atoms with Gasteiger partial charge in [-0.1, -0.05) is 6.07 Å². The predicted molar refractivity (Wildman–Crippen MR) is 77.6 cm³/mol. The Bertz CT molecular complexity index is 713. The third kappa shape index (κ3) is 2.18. The molecule has 0 aliphatic carbocycles. The number of hydrogen-bond donors (Lipinski definition) is 3. The van der Waals surface area contributed by atoms with E-state index in [1.54, 1.807) is 18.2 Å². The van der Waals surface area contributed by atoms with E-state index in [0.717, 1.165) is 16.8 Å². The number of hydrogen-bond acceptors (Lipinski definition) is 3. The maximum Gasteiger partial charge on any atom is 0.228 e. The van der Waals surface area contributed by atoms with Crippen LogP contribution in [0.1, 0.15) is 11.1 Å². The molecule has 0 unspecified atom stereocenters. The Balaban J connectivity index is 1.95. The lowest BCUT2D eigenvalue weighted by Crippen LogP contribution is -2.03. The van der Waals surface area contributed by atoms with Crippen LogP contribution < -0.4 is 16.4 Å². The first kappa shape index (κ1) is 12.5. The van der Waals surface area contributed by atoms with Gasteiger partial charge in [0, 0.05) is 5.69 Å². The highest BCUT2D eigenvalue weighted by Crippen LogP contribution is 2.33. The summed E-state index contributed by atoms with van der Waals surface area (Å²) in [6.07, 6.45) is 0.332. The third-order valence-electron chi connectivity index (χ3n) is 3.29. The van der Waals surface area contributed by atoms with Crippen molar-refractivity contribution >= 4 is 28.7 Å². The molecule has 3 rings (SSSR count). The number of benzene rings is 2. The summed E-state index contributed by atoms with van der Waals surface area (Å²) in [5, 5.41) is 5.71. The summed E-state index contributed by atoms with van der Waals surface area (Å²) in [5.41, 5.74) is 9.79. The van der Waals surface area contributed by atoms with E-state index in [1.165, 1.54) is 6.07 Å². The molecule has 2 aromatic rings. The summed E-state index contributed by atoms with van der Waals surface area (Å²) in [6.45, 7) is 1.83. The lowest BCUT2D eigenvalue weighted by molar-refractivity contribution is -0.115. The van der Waals surface area contributed by atoms with E-state index in [-0.39, 0.29) is 11.7 Å². The average Bonchev–Trinajstić information content (AvgIpc) is 2.72. The molecule has 0 saturated carbocycles. The smallest absolute Gasteiger partial charge is 0.228 e. The molecule has 0 atom stereocenters. The lowest BCUT2D eigenvalue weighted by atomic mass is 10.1. The number of amides is 1. The van der Waals surface area contributed by atoms with Crippen molar-refractivity contribution in [2.75, 3.05) is 16.4 Å². The van der Waals surface area contributed by atoms with Gasteiger partial charge in [0.05, 0.1) is 23.5 Å². The Labute approximate surface area is 115 Å². The fraction of sp³-hybridized carbons (Fsp3) is 0.133. The van der Waals surface area contributed by atoms with E-state index in [2.05, 4.69) is 10.6 Å². The van der Waals surface area contributed by atoms with Gasteiger partial charge in [0.2, 0.25) is 5.91 Å². The quantitative estimate of drug-likeness (QED) is 0.736. The number of nitrogen functional groups attached to an aromatic ring is 1. The molecule has 0 saturated heterocycles. The summed E-state index contributed by atoms with van der Waals surface area (Å²) >= 11 is 0. The van der Waals surface area contributed by atoms with Crippen molar-refractivity contribution in [3.8, 4) is 0 Å². The first-order chi connectivity index (χ1) is 9.52. The van der Waals surface area contributed by atoms with Crippen LogP contribution in [0.25, 0.3) is 0 Å². The number of aryl methyl sites for hydroxylation is 1. The molecule has 0 radical (unpaired) electrons.